The Morgan fingerprint density at radius 3 is 2.61 bits per heavy atom. The number of nitrogens with zero attached hydrogens (tertiary/aromatic N) is 1. The smallest absolute Gasteiger partial charge is 0.223 e. The highest BCUT2D eigenvalue weighted by molar-refractivity contribution is 5.99. The van der Waals surface area contributed by atoms with Crippen LogP contribution in [0.25, 0.3) is 0 Å². The zero-order valence-electron chi connectivity index (χ0n) is 14.1. The molecule has 1 aromatic rings. The number of aliphatic hydroxyl groups is 1. The summed E-state index contributed by atoms with van der Waals surface area (Å²) in [5.74, 6) is 0.931. The third kappa shape index (κ3) is 4.10. The van der Waals surface area contributed by atoms with E-state index in [2.05, 4.69) is 0 Å². The van der Waals surface area contributed by atoms with Crippen molar-refractivity contribution in [1.82, 2.24) is 4.90 Å². The van der Waals surface area contributed by atoms with Gasteiger partial charge >= 0.3 is 0 Å². The van der Waals surface area contributed by atoms with E-state index in [9.17, 15) is 9.59 Å². The maximum absolute atomic E-state index is 12.4. The van der Waals surface area contributed by atoms with Crippen LogP contribution in [-0.2, 0) is 4.79 Å². The Labute approximate surface area is 137 Å². The Balaban J connectivity index is 1.95. The van der Waals surface area contributed by atoms with Crippen molar-refractivity contribution in [3.63, 3.8) is 0 Å². The van der Waals surface area contributed by atoms with E-state index in [4.69, 9.17) is 9.84 Å². The fourth-order valence-electron chi connectivity index (χ4n) is 3.03. The molecular formula is C18H25NO4. The van der Waals surface area contributed by atoms with Crippen molar-refractivity contribution in [2.75, 3.05) is 26.8 Å². The molecule has 1 atom stereocenters. The van der Waals surface area contributed by atoms with Crippen molar-refractivity contribution < 1.29 is 19.4 Å². The monoisotopic (exact) mass is 319 g/mol. The number of hydrogen-bond donors (Lipinski definition) is 1. The second kappa shape index (κ2) is 7.59. The number of Topliss-reactive ketones (excluding diaryl/α,β-unsaturated/α-hetero) is 1. The average molecular weight is 319 g/mol. The number of carbonyl (C=O) groups excluding carboxylic acids is 2. The number of amides is 1. The number of ether oxygens (including phenoxy) is 1. The summed E-state index contributed by atoms with van der Waals surface area (Å²) < 4.78 is 5.25. The number of methoxy groups -OCH3 is 1. The highest BCUT2D eigenvalue weighted by Crippen LogP contribution is 2.24. The van der Waals surface area contributed by atoms with Gasteiger partial charge in [0.25, 0.3) is 0 Å². The molecule has 23 heavy (non-hydrogen) atoms. The molecule has 1 aromatic carbocycles. The molecule has 1 aliphatic rings. The molecule has 5 heteroatoms. The summed E-state index contributed by atoms with van der Waals surface area (Å²) in [6, 6.07) is 3.69. The predicted molar refractivity (Wildman–Crippen MR) is 87.8 cm³/mol. The van der Waals surface area contributed by atoms with Crippen molar-refractivity contribution in [2.45, 2.75) is 33.1 Å². The number of carbonyl (C=O) groups is 2. The van der Waals surface area contributed by atoms with Gasteiger partial charge < -0.3 is 14.7 Å². The first-order valence-corrected chi connectivity index (χ1v) is 8.03. The minimum atomic E-state index is -0.0143. The van der Waals surface area contributed by atoms with Crippen molar-refractivity contribution >= 4 is 11.7 Å². The predicted octanol–water partition coefficient (Wildman–Crippen LogP) is 2.12. The lowest BCUT2D eigenvalue weighted by atomic mass is 9.98. The van der Waals surface area contributed by atoms with Crippen molar-refractivity contribution in [3.8, 4) is 5.75 Å². The SMILES string of the molecule is COc1cc(C)c(C(=O)CCC(=O)N2CCC(CO)C2)cc1C. The van der Waals surface area contributed by atoms with Crippen LogP contribution in [0.4, 0.5) is 0 Å². The summed E-state index contributed by atoms with van der Waals surface area (Å²) in [5, 5.41) is 9.13. The molecule has 1 amide bonds. The van der Waals surface area contributed by atoms with Gasteiger partial charge in [-0.1, -0.05) is 0 Å². The molecule has 1 N–H and O–H groups in total. The Kier molecular flexibility index (Phi) is 5.77. The summed E-state index contributed by atoms with van der Waals surface area (Å²) in [6.07, 6.45) is 1.28. The molecule has 0 bridgehead atoms. The van der Waals surface area contributed by atoms with Gasteiger partial charge in [-0.2, -0.15) is 0 Å². The zero-order valence-corrected chi connectivity index (χ0v) is 14.1. The lowest BCUT2D eigenvalue weighted by molar-refractivity contribution is -0.130. The van der Waals surface area contributed by atoms with Gasteiger partial charge in [-0.3, -0.25) is 9.59 Å². The van der Waals surface area contributed by atoms with Crippen molar-refractivity contribution in [3.05, 3.63) is 28.8 Å². The van der Waals surface area contributed by atoms with E-state index in [1.165, 1.54) is 0 Å². The standard InChI is InChI=1S/C18H25NO4/c1-12-9-17(23-3)13(2)8-15(12)16(21)4-5-18(22)19-7-6-14(10-19)11-20/h8-9,14,20H,4-7,10-11H2,1-3H3. The van der Waals surface area contributed by atoms with E-state index in [1.54, 1.807) is 12.0 Å². The van der Waals surface area contributed by atoms with Gasteiger partial charge in [0.15, 0.2) is 5.78 Å². The molecule has 1 fully saturated rings. The van der Waals surface area contributed by atoms with Gasteiger partial charge in [0.2, 0.25) is 5.91 Å². The first-order valence-electron chi connectivity index (χ1n) is 8.03. The number of rotatable bonds is 6. The van der Waals surface area contributed by atoms with Crippen LogP contribution in [-0.4, -0.2) is 48.5 Å². The molecule has 0 aliphatic carbocycles. The maximum atomic E-state index is 12.4. The van der Waals surface area contributed by atoms with Gasteiger partial charge in [-0.15, -0.1) is 0 Å². The van der Waals surface area contributed by atoms with Crippen LogP contribution in [0.15, 0.2) is 12.1 Å². The number of aryl methyl sites for hydroxylation is 2. The van der Waals surface area contributed by atoms with Crippen molar-refractivity contribution in [2.24, 2.45) is 5.92 Å². The molecule has 1 unspecified atom stereocenters. The van der Waals surface area contributed by atoms with Crippen LogP contribution in [0.5, 0.6) is 5.75 Å². The molecule has 2 rings (SSSR count). The summed E-state index contributed by atoms with van der Waals surface area (Å²) in [7, 11) is 1.61. The quantitative estimate of drug-likeness (QED) is 0.816. The lowest BCUT2D eigenvalue weighted by Crippen LogP contribution is -2.29. The average Bonchev–Trinajstić information content (AvgIpc) is 3.03. The number of benzene rings is 1. The summed E-state index contributed by atoms with van der Waals surface area (Å²) >= 11 is 0. The highest BCUT2D eigenvalue weighted by Gasteiger charge is 2.26. The Hall–Kier alpha value is -1.88. The maximum Gasteiger partial charge on any atom is 0.223 e. The fraction of sp³-hybridized carbons (Fsp3) is 0.556. The lowest BCUT2D eigenvalue weighted by Gasteiger charge is -2.16. The first-order chi connectivity index (χ1) is 11.0. The van der Waals surface area contributed by atoms with Crippen molar-refractivity contribution in [1.29, 1.82) is 0 Å². The number of likely N-dealkylation sites (tertiary alicyclic amines) is 1. The van der Waals surface area contributed by atoms with Crippen LogP contribution in [0.1, 0.15) is 40.7 Å². The van der Waals surface area contributed by atoms with Crippen LogP contribution < -0.4 is 4.74 Å². The number of ketones is 1. The third-order valence-corrected chi connectivity index (χ3v) is 4.50. The van der Waals surface area contributed by atoms with E-state index in [0.717, 1.165) is 23.3 Å². The van der Waals surface area contributed by atoms with E-state index in [0.29, 0.717) is 18.7 Å². The van der Waals surface area contributed by atoms with Gasteiger partial charge in [0.1, 0.15) is 5.75 Å². The second-order valence-electron chi connectivity index (χ2n) is 6.24. The van der Waals surface area contributed by atoms with Crippen LogP contribution >= 0.6 is 0 Å². The number of aliphatic hydroxyl groups excluding tert-OH is 1. The molecule has 0 radical (unpaired) electrons. The summed E-state index contributed by atoms with van der Waals surface area (Å²) in [5.41, 5.74) is 2.44. The van der Waals surface area contributed by atoms with Gasteiger partial charge in [0, 0.05) is 44.0 Å². The number of hydrogen-bond acceptors (Lipinski definition) is 4. The summed E-state index contributed by atoms with van der Waals surface area (Å²) in [4.78, 5) is 26.3. The second-order valence-corrected chi connectivity index (χ2v) is 6.24. The van der Waals surface area contributed by atoms with E-state index < -0.39 is 0 Å². The molecular weight excluding hydrogens is 294 g/mol. The highest BCUT2D eigenvalue weighted by atomic mass is 16.5. The zero-order chi connectivity index (χ0) is 17.0. The summed E-state index contributed by atoms with van der Waals surface area (Å²) in [6.45, 7) is 5.18. The molecule has 0 aromatic heterocycles. The normalized spacial score (nSPS) is 17.4. The van der Waals surface area contributed by atoms with E-state index in [-0.39, 0.29) is 37.1 Å². The Bertz CT molecular complexity index is 597. The molecule has 126 valence electrons. The molecule has 0 spiro atoms. The molecule has 5 nitrogen and oxygen atoms in total. The third-order valence-electron chi connectivity index (χ3n) is 4.50. The first kappa shape index (κ1) is 17.5. The van der Waals surface area contributed by atoms with Gasteiger partial charge in [-0.05, 0) is 43.5 Å². The van der Waals surface area contributed by atoms with Crippen LogP contribution in [0, 0.1) is 19.8 Å². The molecule has 1 aliphatic heterocycles. The fourth-order valence-corrected chi connectivity index (χ4v) is 3.03. The Morgan fingerprint density at radius 2 is 2.00 bits per heavy atom. The molecule has 0 saturated carbocycles. The van der Waals surface area contributed by atoms with E-state index >= 15 is 0 Å². The van der Waals surface area contributed by atoms with Crippen LogP contribution in [0.2, 0.25) is 0 Å². The van der Waals surface area contributed by atoms with Gasteiger partial charge in [-0.25, -0.2) is 0 Å². The van der Waals surface area contributed by atoms with Crippen LogP contribution in [0.3, 0.4) is 0 Å². The van der Waals surface area contributed by atoms with E-state index in [1.807, 2.05) is 26.0 Å². The largest absolute Gasteiger partial charge is 0.496 e. The minimum Gasteiger partial charge on any atom is -0.496 e. The minimum absolute atomic E-state index is 0.00260. The molecule has 1 heterocycles. The Morgan fingerprint density at radius 1 is 1.26 bits per heavy atom. The topological polar surface area (TPSA) is 66.8 Å². The molecule has 1 saturated heterocycles. The van der Waals surface area contributed by atoms with Gasteiger partial charge in [0.05, 0.1) is 7.11 Å².